The minimum Gasteiger partial charge on any atom is -0.451 e. The minimum atomic E-state index is -2.96. The number of hydrogen-bond donors (Lipinski definition) is 0. The Morgan fingerprint density at radius 2 is 1.53 bits per heavy atom. The summed E-state index contributed by atoms with van der Waals surface area (Å²) in [5.74, 6) is -1.18. The van der Waals surface area contributed by atoms with Gasteiger partial charge in [-0.25, -0.2) is 4.79 Å². The molecule has 0 saturated carbocycles. The number of carbonyl (C=O) groups is 3. The van der Waals surface area contributed by atoms with Gasteiger partial charge in [-0.3, -0.25) is 9.59 Å². The number of ether oxygens (including phenoxy) is 2. The third kappa shape index (κ3) is 5.16. The fourth-order valence-electron chi connectivity index (χ4n) is 2.58. The van der Waals surface area contributed by atoms with Crippen molar-refractivity contribution >= 4 is 17.5 Å². The molecular formula is C22H16F2O6. The highest BCUT2D eigenvalue weighted by molar-refractivity contribution is 5.99. The van der Waals surface area contributed by atoms with Gasteiger partial charge in [0.25, 0.3) is 0 Å². The van der Waals surface area contributed by atoms with E-state index in [-0.39, 0.29) is 22.9 Å². The molecule has 6 nitrogen and oxygen atoms in total. The van der Waals surface area contributed by atoms with Gasteiger partial charge in [0.05, 0.1) is 0 Å². The smallest absolute Gasteiger partial charge is 0.387 e. The molecule has 3 aromatic rings. The van der Waals surface area contributed by atoms with Crippen LogP contribution in [0.4, 0.5) is 8.78 Å². The van der Waals surface area contributed by atoms with Gasteiger partial charge in [-0.05, 0) is 43.3 Å². The van der Waals surface area contributed by atoms with Crippen LogP contribution in [-0.2, 0) is 4.74 Å². The Morgan fingerprint density at radius 1 is 0.900 bits per heavy atom. The average Bonchev–Trinajstić information content (AvgIpc) is 3.22. The Bertz CT molecular complexity index is 1050. The van der Waals surface area contributed by atoms with Gasteiger partial charge in [0.15, 0.2) is 18.2 Å². The van der Waals surface area contributed by atoms with Crippen LogP contribution in [0.15, 0.2) is 65.1 Å². The third-order valence-electron chi connectivity index (χ3n) is 4.12. The van der Waals surface area contributed by atoms with Crippen molar-refractivity contribution in [1.82, 2.24) is 0 Å². The number of rotatable bonds is 8. The molecule has 2 aromatic carbocycles. The molecule has 0 bridgehead atoms. The SMILES string of the molecule is CC(=O)c1ccc(-c2ccc(C(=O)OCC(=O)c3ccc(OC(F)F)cc3)o2)cc1. The highest BCUT2D eigenvalue weighted by atomic mass is 19.3. The lowest BCUT2D eigenvalue weighted by atomic mass is 10.1. The predicted molar refractivity (Wildman–Crippen MR) is 102 cm³/mol. The van der Waals surface area contributed by atoms with Crippen LogP contribution in [0.3, 0.4) is 0 Å². The molecule has 0 atom stereocenters. The summed E-state index contributed by atoms with van der Waals surface area (Å²) in [4.78, 5) is 35.6. The summed E-state index contributed by atoms with van der Waals surface area (Å²) in [6.07, 6.45) is 0. The van der Waals surface area contributed by atoms with E-state index >= 15 is 0 Å². The van der Waals surface area contributed by atoms with Gasteiger partial charge in [0.1, 0.15) is 11.5 Å². The molecule has 8 heteroatoms. The Morgan fingerprint density at radius 3 is 2.13 bits per heavy atom. The quantitative estimate of drug-likeness (QED) is 0.389. The summed E-state index contributed by atoms with van der Waals surface area (Å²) >= 11 is 0. The van der Waals surface area contributed by atoms with Crippen LogP contribution in [0.1, 0.15) is 38.2 Å². The summed E-state index contributed by atoms with van der Waals surface area (Å²) in [5.41, 5.74) is 1.40. The van der Waals surface area contributed by atoms with Gasteiger partial charge in [-0.1, -0.05) is 24.3 Å². The first-order chi connectivity index (χ1) is 14.3. The summed E-state index contributed by atoms with van der Waals surface area (Å²) in [5, 5.41) is 0. The van der Waals surface area contributed by atoms with Crippen LogP contribution in [0.25, 0.3) is 11.3 Å². The molecule has 0 N–H and O–H groups in total. The fraction of sp³-hybridized carbons (Fsp3) is 0.136. The standard InChI is InChI=1S/C22H16F2O6/c1-13(25)14-2-4-16(5-3-14)19-10-11-20(30-19)21(27)28-12-18(26)15-6-8-17(9-7-15)29-22(23)24/h2-11,22H,12H2,1H3. The maximum absolute atomic E-state index is 12.1. The number of alkyl halides is 2. The Hall–Kier alpha value is -3.81. The van der Waals surface area contributed by atoms with E-state index < -0.39 is 25.0 Å². The molecule has 0 fully saturated rings. The monoisotopic (exact) mass is 414 g/mol. The van der Waals surface area contributed by atoms with Crippen molar-refractivity contribution in [3.63, 3.8) is 0 Å². The van der Waals surface area contributed by atoms with Crippen LogP contribution in [0.2, 0.25) is 0 Å². The van der Waals surface area contributed by atoms with Gasteiger partial charge in [-0.2, -0.15) is 8.78 Å². The van der Waals surface area contributed by atoms with Crippen molar-refractivity contribution in [2.24, 2.45) is 0 Å². The number of furan rings is 1. The topological polar surface area (TPSA) is 82.8 Å². The Balaban J connectivity index is 1.58. The highest BCUT2D eigenvalue weighted by Gasteiger charge is 2.16. The van der Waals surface area contributed by atoms with Crippen LogP contribution in [0.5, 0.6) is 5.75 Å². The molecule has 0 aliphatic rings. The summed E-state index contributed by atoms with van der Waals surface area (Å²) in [7, 11) is 0. The molecule has 154 valence electrons. The van der Waals surface area contributed by atoms with Gasteiger partial charge < -0.3 is 13.9 Å². The second-order valence-corrected chi connectivity index (χ2v) is 6.20. The molecule has 0 unspecified atom stereocenters. The van der Waals surface area contributed by atoms with Gasteiger partial charge >= 0.3 is 12.6 Å². The van der Waals surface area contributed by atoms with E-state index in [1.807, 2.05) is 0 Å². The molecule has 3 rings (SSSR count). The first-order valence-corrected chi connectivity index (χ1v) is 8.80. The van der Waals surface area contributed by atoms with Crippen molar-refractivity contribution in [3.8, 4) is 17.1 Å². The lowest BCUT2D eigenvalue weighted by Crippen LogP contribution is -2.14. The number of ketones is 2. The summed E-state index contributed by atoms with van der Waals surface area (Å²) < 4.78 is 38.9. The molecule has 0 saturated heterocycles. The first kappa shape index (κ1) is 20.9. The van der Waals surface area contributed by atoms with Crippen LogP contribution in [-0.4, -0.2) is 30.8 Å². The summed E-state index contributed by atoms with van der Waals surface area (Å²) in [6, 6.07) is 14.7. The van der Waals surface area contributed by atoms with Crippen molar-refractivity contribution in [2.45, 2.75) is 13.5 Å². The zero-order chi connectivity index (χ0) is 21.7. The van der Waals surface area contributed by atoms with Gasteiger partial charge in [0, 0.05) is 16.7 Å². The Labute approximate surface area is 170 Å². The van der Waals surface area contributed by atoms with Crippen molar-refractivity contribution in [2.75, 3.05) is 6.61 Å². The lowest BCUT2D eigenvalue weighted by molar-refractivity contribution is -0.0498. The number of carbonyl (C=O) groups excluding carboxylic acids is 3. The number of esters is 1. The van der Waals surface area contributed by atoms with E-state index in [0.29, 0.717) is 16.9 Å². The molecule has 30 heavy (non-hydrogen) atoms. The van der Waals surface area contributed by atoms with Crippen LogP contribution < -0.4 is 4.74 Å². The van der Waals surface area contributed by atoms with Crippen LogP contribution in [0, 0.1) is 0 Å². The molecule has 1 heterocycles. The molecule has 0 radical (unpaired) electrons. The molecule has 1 aromatic heterocycles. The van der Waals surface area contributed by atoms with E-state index in [4.69, 9.17) is 9.15 Å². The third-order valence-corrected chi connectivity index (χ3v) is 4.12. The fourth-order valence-corrected chi connectivity index (χ4v) is 2.58. The molecule has 0 amide bonds. The van der Waals surface area contributed by atoms with Crippen molar-refractivity contribution in [3.05, 3.63) is 77.6 Å². The van der Waals surface area contributed by atoms with E-state index in [0.717, 1.165) is 0 Å². The van der Waals surface area contributed by atoms with E-state index in [1.165, 1.54) is 37.3 Å². The van der Waals surface area contributed by atoms with Crippen molar-refractivity contribution < 1.29 is 37.1 Å². The second kappa shape index (κ2) is 9.13. The zero-order valence-corrected chi connectivity index (χ0v) is 15.8. The second-order valence-electron chi connectivity index (χ2n) is 6.20. The largest absolute Gasteiger partial charge is 0.451 e. The molecule has 0 aliphatic carbocycles. The Kier molecular flexibility index (Phi) is 6.36. The minimum absolute atomic E-state index is 0.0638. The predicted octanol–water partition coefficient (Wildman–Crippen LogP) is 4.79. The van der Waals surface area contributed by atoms with E-state index in [9.17, 15) is 23.2 Å². The number of halogens is 2. The lowest BCUT2D eigenvalue weighted by Gasteiger charge is -2.06. The number of Topliss-reactive ketones (excluding diaryl/α,β-unsaturated/α-hetero) is 2. The molecule has 0 aliphatic heterocycles. The first-order valence-electron chi connectivity index (χ1n) is 8.80. The van der Waals surface area contributed by atoms with E-state index in [2.05, 4.69) is 4.74 Å². The normalized spacial score (nSPS) is 10.7. The highest BCUT2D eigenvalue weighted by Crippen LogP contribution is 2.23. The van der Waals surface area contributed by atoms with E-state index in [1.54, 1.807) is 30.3 Å². The number of hydrogen-bond acceptors (Lipinski definition) is 6. The van der Waals surface area contributed by atoms with Crippen molar-refractivity contribution in [1.29, 1.82) is 0 Å². The van der Waals surface area contributed by atoms with Gasteiger partial charge in [-0.15, -0.1) is 0 Å². The molecule has 0 spiro atoms. The molecular weight excluding hydrogens is 398 g/mol. The number of benzene rings is 2. The zero-order valence-electron chi connectivity index (χ0n) is 15.8. The average molecular weight is 414 g/mol. The maximum Gasteiger partial charge on any atom is 0.387 e. The maximum atomic E-state index is 12.1. The summed E-state index contributed by atoms with van der Waals surface area (Å²) in [6.45, 7) is -2.04. The van der Waals surface area contributed by atoms with Crippen LogP contribution >= 0.6 is 0 Å². The van der Waals surface area contributed by atoms with Gasteiger partial charge in [0.2, 0.25) is 5.76 Å².